The fourth-order valence-corrected chi connectivity index (χ4v) is 2.69. The molecule has 24 heavy (non-hydrogen) atoms. The number of aryl methyl sites for hydroxylation is 1. The van der Waals surface area contributed by atoms with Gasteiger partial charge in [0.05, 0.1) is 0 Å². The number of ether oxygens (including phenoxy) is 1. The number of benzene rings is 1. The van der Waals surface area contributed by atoms with E-state index >= 15 is 0 Å². The second-order valence-electron chi connectivity index (χ2n) is 6.28. The Labute approximate surface area is 145 Å². The van der Waals surface area contributed by atoms with Gasteiger partial charge in [0.15, 0.2) is 0 Å². The minimum absolute atomic E-state index is 0.0432. The van der Waals surface area contributed by atoms with Crippen LogP contribution in [-0.2, 0) is 14.3 Å². The highest BCUT2D eigenvalue weighted by Crippen LogP contribution is 2.31. The van der Waals surface area contributed by atoms with Crippen molar-refractivity contribution in [3.63, 3.8) is 0 Å². The molecule has 134 valence electrons. The van der Waals surface area contributed by atoms with Crippen LogP contribution < -0.4 is 10.2 Å². The van der Waals surface area contributed by atoms with Crippen LogP contribution in [0.4, 0.5) is 5.69 Å². The van der Waals surface area contributed by atoms with Crippen molar-refractivity contribution >= 4 is 17.5 Å². The van der Waals surface area contributed by atoms with E-state index < -0.39 is 0 Å². The number of hydrogen-bond acceptors (Lipinski definition) is 3. The average Bonchev–Trinajstić information content (AvgIpc) is 2.52. The first-order valence-corrected chi connectivity index (χ1v) is 8.51. The molecule has 0 saturated carbocycles. The molecule has 0 aliphatic heterocycles. The molecule has 5 nitrogen and oxygen atoms in total. The molecule has 0 aromatic heterocycles. The van der Waals surface area contributed by atoms with Gasteiger partial charge in [-0.05, 0) is 30.4 Å². The lowest BCUT2D eigenvalue weighted by Gasteiger charge is -2.27. The van der Waals surface area contributed by atoms with Crippen LogP contribution in [0, 0.1) is 6.92 Å². The van der Waals surface area contributed by atoms with Gasteiger partial charge in [0.2, 0.25) is 11.8 Å². The van der Waals surface area contributed by atoms with Crippen LogP contribution in [0.25, 0.3) is 0 Å². The van der Waals surface area contributed by atoms with Crippen molar-refractivity contribution in [2.45, 2.75) is 46.5 Å². The molecule has 0 bridgehead atoms. The van der Waals surface area contributed by atoms with Crippen molar-refractivity contribution in [1.82, 2.24) is 5.32 Å². The lowest BCUT2D eigenvalue weighted by molar-refractivity contribution is -0.121. The maximum absolute atomic E-state index is 12.2. The van der Waals surface area contributed by atoms with E-state index in [2.05, 4.69) is 19.2 Å². The van der Waals surface area contributed by atoms with E-state index in [4.69, 9.17) is 4.74 Å². The standard InChI is InChI=1S/C19H30N2O3/c1-14(2)17-9-6-8-15(3)19(17)21(16(4)22)12-10-18(23)20-11-7-13-24-5/h6,8-9,14H,7,10-13H2,1-5H3,(H,20,23). The Morgan fingerprint density at radius 3 is 2.58 bits per heavy atom. The molecule has 1 aromatic rings. The predicted molar refractivity (Wildman–Crippen MR) is 97.4 cm³/mol. The zero-order valence-electron chi connectivity index (χ0n) is 15.5. The smallest absolute Gasteiger partial charge is 0.223 e. The molecule has 0 spiro atoms. The molecule has 0 fully saturated rings. The molecule has 2 amide bonds. The van der Waals surface area contributed by atoms with Crippen molar-refractivity contribution in [3.8, 4) is 0 Å². The van der Waals surface area contributed by atoms with Crippen LogP contribution in [0.5, 0.6) is 0 Å². The highest BCUT2D eigenvalue weighted by Gasteiger charge is 2.19. The summed E-state index contributed by atoms with van der Waals surface area (Å²) in [5, 5.41) is 2.86. The summed E-state index contributed by atoms with van der Waals surface area (Å²) < 4.78 is 4.96. The molecule has 1 rings (SSSR count). The Morgan fingerprint density at radius 1 is 1.29 bits per heavy atom. The zero-order valence-corrected chi connectivity index (χ0v) is 15.5. The zero-order chi connectivity index (χ0) is 18.1. The number of anilines is 1. The predicted octanol–water partition coefficient (Wildman–Crippen LogP) is 3.01. The minimum Gasteiger partial charge on any atom is -0.385 e. The number of rotatable bonds is 9. The molecule has 0 saturated heterocycles. The number of para-hydroxylation sites is 1. The maximum atomic E-state index is 12.2. The van der Waals surface area contributed by atoms with Gasteiger partial charge < -0.3 is 15.0 Å². The van der Waals surface area contributed by atoms with Crippen LogP contribution in [-0.4, -0.2) is 38.6 Å². The SMILES string of the molecule is COCCCNC(=O)CCN(C(C)=O)c1c(C)cccc1C(C)C. The van der Waals surface area contributed by atoms with Crippen LogP contribution in [0.15, 0.2) is 18.2 Å². The molecule has 0 atom stereocenters. The fourth-order valence-electron chi connectivity index (χ4n) is 2.69. The molecule has 0 aliphatic rings. The number of carbonyl (C=O) groups excluding carboxylic acids is 2. The Morgan fingerprint density at radius 2 is 2.00 bits per heavy atom. The second-order valence-corrected chi connectivity index (χ2v) is 6.28. The number of nitrogens with zero attached hydrogens (tertiary/aromatic N) is 1. The highest BCUT2D eigenvalue weighted by atomic mass is 16.5. The fraction of sp³-hybridized carbons (Fsp3) is 0.579. The summed E-state index contributed by atoms with van der Waals surface area (Å²) in [6.07, 6.45) is 1.08. The first-order valence-electron chi connectivity index (χ1n) is 8.51. The largest absolute Gasteiger partial charge is 0.385 e. The molecule has 5 heteroatoms. The van der Waals surface area contributed by atoms with E-state index in [9.17, 15) is 9.59 Å². The summed E-state index contributed by atoms with van der Waals surface area (Å²) in [6.45, 7) is 9.37. The van der Waals surface area contributed by atoms with Gasteiger partial charge in [0, 0.05) is 45.8 Å². The molecule has 0 unspecified atom stereocenters. The van der Waals surface area contributed by atoms with E-state index in [1.165, 1.54) is 0 Å². The van der Waals surface area contributed by atoms with Gasteiger partial charge in [-0.25, -0.2) is 0 Å². The van der Waals surface area contributed by atoms with Crippen LogP contribution in [0.3, 0.4) is 0 Å². The van der Waals surface area contributed by atoms with Crippen molar-refractivity contribution in [2.24, 2.45) is 0 Å². The summed E-state index contributed by atoms with van der Waals surface area (Å²) in [4.78, 5) is 25.9. The summed E-state index contributed by atoms with van der Waals surface area (Å²) in [7, 11) is 1.64. The van der Waals surface area contributed by atoms with Gasteiger partial charge in [-0.15, -0.1) is 0 Å². The van der Waals surface area contributed by atoms with E-state index in [0.717, 1.165) is 23.2 Å². The molecular formula is C19H30N2O3. The van der Waals surface area contributed by atoms with Gasteiger partial charge >= 0.3 is 0 Å². The topological polar surface area (TPSA) is 58.6 Å². The second kappa shape index (κ2) is 10.1. The third kappa shape index (κ3) is 5.96. The first-order chi connectivity index (χ1) is 11.4. The van der Waals surface area contributed by atoms with E-state index in [0.29, 0.717) is 32.0 Å². The van der Waals surface area contributed by atoms with Crippen LogP contribution >= 0.6 is 0 Å². The molecular weight excluding hydrogens is 304 g/mol. The normalized spacial score (nSPS) is 10.8. The summed E-state index contributed by atoms with van der Waals surface area (Å²) >= 11 is 0. The van der Waals surface area contributed by atoms with Crippen molar-refractivity contribution in [2.75, 3.05) is 31.7 Å². The quantitative estimate of drug-likeness (QED) is 0.706. The van der Waals surface area contributed by atoms with Gasteiger partial charge in [-0.1, -0.05) is 32.0 Å². The van der Waals surface area contributed by atoms with E-state index in [1.807, 2.05) is 25.1 Å². The summed E-state index contributed by atoms with van der Waals surface area (Å²) in [5.41, 5.74) is 3.12. The third-order valence-corrected chi connectivity index (χ3v) is 3.95. The summed E-state index contributed by atoms with van der Waals surface area (Å²) in [6, 6.07) is 6.06. The highest BCUT2D eigenvalue weighted by molar-refractivity contribution is 5.94. The third-order valence-electron chi connectivity index (χ3n) is 3.95. The van der Waals surface area contributed by atoms with Gasteiger partial charge in [-0.2, -0.15) is 0 Å². The molecule has 0 heterocycles. The molecule has 0 aliphatic carbocycles. The Bertz CT molecular complexity index is 556. The van der Waals surface area contributed by atoms with E-state index in [-0.39, 0.29) is 11.8 Å². The number of nitrogens with one attached hydrogen (secondary N) is 1. The Kier molecular flexibility index (Phi) is 8.47. The van der Waals surface area contributed by atoms with Crippen molar-refractivity contribution < 1.29 is 14.3 Å². The molecule has 0 radical (unpaired) electrons. The number of amides is 2. The number of hydrogen-bond donors (Lipinski definition) is 1. The lowest BCUT2D eigenvalue weighted by Crippen LogP contribution is -2.35. The van der Waals surface area contributed by atoms with Gasteiger partial charge in [0.25, 0.3) is 0 Å². The summed E-state index contributed by atoms with van der Waals surface area (Å²) in [5.74, 6) is 0.222. The number of methoxy groups -OCH3 is 1. The van der Waals surface area contributed by atoms with Crippen LogP contribution in [0.1, 0.15) is 50.7 Å². The van der Waals surface area contributed by atoms with Crippen LogP contribution in [0.2, 0.25) is 0 Å². The molecule has 1 N–H and O–H groups in total. The first kappa shape index (κ1) is 20.2. The number of carbonyl (C=O) groups is 2. The minimum atomic E-state index is -0.0444. The molecule has 1 aromatic carbocycles. The monoisotopic (exact) mass is 334 g/mol. The van der Waals surface area contributed by atoms with Gasteiger partial charge in [0.1, 0.15) is 0 Å². The van der Waals surface area contributed by atoms with Crippen molar-refractivity contribution in [1.29, 1.82) is 0 Å². The van der Waals surface area contributed by atoms with Gasteiger partial charge in [-0.3, -0.25) is 9.59 Å². The Hall–Kier alpha value is -1.88. The maximum Gasteiger partial charge on any atom is 0.223 e. The van der Waals surface area contributed by atoms with E-state index in [1.54, 1.807) is 18.9 Å². The van der Waals surface area contributed by atoms with Crippen molar-refractivity contribution in [3.05, 3.63) is 29.3 Å². The average molecular weight is 334 g/mol. The Balaban J connectivity index is 2.79. The lowest BCUT2D eigenvalue weighted by atomic mass is 9.97.